The molecule has 3 rings (SSSR count). The fraction of sp³-hybridized carbons (Fsp3) is 0.481. The van der Waals surface area contributed by atoms with Gasteiger partial charge in [-0.1, -0.05) is 58.9 Å². The molecule has 3 atom stereocenters. The van der Waals surface area contributed by atoms with Crippen molar-refractivity contribution in [3.8, 4) is 5.75 Å². The highest BCUT2D eigenvalue weighted by molar-refractivity contribution is 7.87. The number of methoxy groups -OCH3 is 1. The topological polar surface area (TPSA) is 102 Å². The number of allylic oxidation sites excluding steroid dienone is 4. The van der Waals surface area contributed by atoms with Crippen LogP contribution in [0.3, 0.4) is 0 Å². The van der Waals surface area contributed by atoms with Crippen LogP contribution < -0.4 is 9.46 Å². The van der Waals surface area contributed by atoms with Gasteiger partial charge in [0.2, 0.25) is 0 Å². The Morgan fingerprint density at radius 2 is 1.89 bits per heavy atom. The van der Waals surface area contributed by atoms with Crippen molar-refractivity contribution in [2.45, 2.75) is 65.9 Å². The average molecular weight is 508 g/mol. The lowest BCUT2D eigenvalue weighted by Gasteiger charge is -2.16. The van der Waals surface area contributed by atoms with Crippen LogP contribution in [0.5, 0.6) is 5.75 Å². The highest BCUT2D eigenvalue weighted by atomic mass is 32.2. The summed E-state index contributed by atoms with van der Waals surface area (Å²) in [4.78, 5) is 21.0. The second-order valence-corrected chi connectivity index (χ2v) is 9.35. The van der Waals surface area contributed by atoms with Crippen LogP contribution in [0.25, 0.3) is 0 Å². The van der Waals surface area contributed by atoms with E-state index in [-0.39, 0.29) is 18.6 Å². The molecule has 1 aromatic carbocycles. The van der Waals surface area contributed by atoms with Crippen LogP contribution in [0.1, 0.15) is 65.4 Å². The molecule has 0 fully saturated rings. The first kappa shape index (κ1) is 32.3. The fourth-order valence-electron chi connectivity index (χ4n) is 2.70. The fourth-order valence-corrected chi connectivity index (χ4v) is 3.57. The van der Waals surface area contributed by atoms with Gasteiger partial charge in [-0.15, -0.1) is 0 Å². The van der Waals surface area contributed by atoms with Gasteiger partial charge >= 0.3 is 5.97 Å². The molecule has 8 heteroatoms. The maximum atomic E-state index is 11.8. The summed E-state index contributed by atoms with van der Waals surface area (Å²) in [6.07, 6.45) is 12.3. The Morgan fingerprint density at radius 3 is 2.29 bits per heavy atom. The molecule has 3 unspecified atom stereocenters. The van der Waals surface area contributed by atoms with E-state index < -0.39 is 17.0 Å². The Hall–Kier alpha value is -2.71. The Kier molecular flexibility index (Phi) is 18.1. The van der Waals surface area contributed by atoms with Crippen LogP contribution >= 0.6 is 0 Å². The zero-order valence-corrected chi connectivity index (χ0v) is 22.5. The zero-order chi connectivity index (χ0) is 26.6. The van der Waals surface area contributed by atoms with Crippen LogP contribution in [0, 0.1) is 5.92 Å². The van der Waals surface area contributed by atoms with Crippen LogP contribution in [-0.2, 0) is 25.3 Å². The zero-order valence-electron chi connectivity index (χ0n) is 21.7. The summed E-state index contributed by atoms with van der Waals surface area (Å²) >= 11 is 0. The molecular formula is C27H41NO6S. The lowest BCUT2D eigenvalue weighted by molar-refractivity contribution is -0.135. The SMILES string of the molecule is CC.CC(C)C.COc1ccc(C2C=CC(S(=O)NCC(=O)O)=CC2)cc1.O=CC1CCC=CO1. The minimum Gasteiger partial charge on any atom is -0.497 e. The molecule has 0 spiro atoms. The maximum absolute atomic E-state index is 11.8. The molecule has 0 aromatic heterocycles. The van der Waals surface area contributed by atoms with Crippen LogP contribution in [0.2, 0.25) is 0 Å². The standard InChI is InChI=1S/C15H17NO4S.C6H8O2.C4H10.C2H6/c1-20-13-6-2-11(3-7-13)12-4-8-14(9-5-12)21(19)16-10-15(17)18;7-5-6-3-1-2-4-8-6;1-4(2)3;1-2/h2-4,6-9,12,16H,5,10H2,1H3,(H,17,18);2,4-6H,1,3H2;4H,1-3H3;1-2H3. The van der Waals surface area contributed by atoms with Gasteiger partial charge in [-0.25, -0.2) is 8.93 Å². The molecule has 0 bridgehead atoms. The number of benzene rings is 1. The van der Waals surface area contributed by atoms with E-state index in [9.17, 15) is 13.8 Å². The van der Waals surface area contributed by atoms with Gasteiger partial charge < -0.3 is 14.6 Å². The van der Waals surface area contributed by atoms with Gasteiger partial charge in [0.05, 0.1) is 13.4 Å². The van der Waals surface area contributed by atoms with Crippen LogP contribution in [-0.4, -0.2) is 41.3 Å². The van der Waals surface area contributed by atoms with Gasteiger partial charge in [0.1, 0.15) is 23.3 Å². The summed E-state index contributed by atoms with van der Waals surface area (Å²) in [5, 5.41) is 8.55. The van der Waals surface area contributed by atoms with E-state index in [0.29, 0.717) is 4.91 Å². The highest BCUT2D eigenvalue weighted by Crippen LogP contribution is 2.28. The first-order chi connectivity index (χ1) is 16.8. The van der Waals surface area contributed by atoms with E-state index in [0.717, 1.165) is 42.8 Å². The number of hydrogen-bond donors (Lipinski definition) is 2. The third-order valence-electron chi connectivity index (χ3n) is 4.30. The van der Waals surface area contributed by atoms with E-state index in [1.165, 1.54) is 0 Å². The number of aldehydes is 1. The van der Waals surface area contributed by atoms with Crippen molar-refractivity contribution in [2.75, 3.05) is 13.7 Å². The minimum absolute atomic E-state index is 0.181. The van der Waals surface area contributed by atoms with Crippen molar-refractivity contribution >= 4 is 23.2 Å². The summed E-state index contributed by atoms with van der Waals surface area (Å²) < 4.78 is 24.3. The molecule has 7 nitrogen and oxygen atoms in total. The summed E-state index contributed by atoms with van der Waals surface area (Å²) in [6.45, 7) is 10.2. The number of nitrogens with one attached hydrogen (secondary N) is 1. The maximum Gasteiger partial charge on any atom is 0.318 e. The number of carbonyl (C=O) groups excluding carboxylic acids is 1. The predicted molar refractivity (Wildman–Crippen MR) is 143 cm³/mol. The molecule has 2 aliphatic rings. The molecular weight excluding hydrogens is 466 g/mol. The quantitative estimate of drug-likeness (QED) is 0.471. The van der Waals surface area contributed by atoms with E-state index in [1.807, 2.05) is 56.3 Å². The van der Waals surface area contributed by atoms with Crippen molar-refractivity contribution in [2.24, 2.45) is 5.92 Å². The van der Waals surface area contributed by atoms with Gasteiger partial charge in [-0.05, 0) is 55.0 Å². The van der Waals surface area contributed by atoms with Crippen molar-refractivity contribution in [3.63, 3.8) is 0 Å². The van der Waals surface area contributed by atoms with Crippen LogP contribution in [0.15, 0.2) is 59.7 Å². The Labute approximate surface area is 212 Å². The lowest BCUT2D eigenvalue weighted by atomic mass is 9.92. The number of carbonyl (C=O) groups is 2. The third-order valence-corrected chi connectivity index (χ3v) is 5.43. The van der Waals surface area contributed by atoms with E-state index in [2.05, 4.69) is 25.5 Å². The molecule has 1 heterocycles. The number of ether oxygens (including phenoxy) is 2. The summed E-state index contributed by atoms with van der Waals surface area (Å²) in [5.41, 5.74) is 1.16. The first-order valence-corrected chi connectivity index (χ1v) is 13.1. The summed E-state index contributed by atoms with van der Waals surface area (Å²) in [7, 11) is 0.149. The Bertz CT molecular complexity index is 843. The second kappa shape index (κ2) is 19.6. The smallest absolute Gasteiger partial charge is 0.318 e. The molecule has 0 saturated heterocycles. The molecule has 0 amide bonds. The van der Waals surface area contributed by atoms with E-state index in [4.69, 9.17) is 14.6 Å². The molecule has 1 aliphatic heterocycles. The number of carboxylic acids is 1. The molecule has 0 radical (unpaired) electrons. The van der Waals surface area contributed by atoms with E-state index in [1.54, 1.807) is 19.4 Å². The van der Waals surface area contributed by atoms with Crippen molar-refractivity contribution in [1.82, 2.24) is 4.72 Å². The number of hydrogen-bond acceptors (Lipinski definition) is 5. The molecule has 35 heavy (non-hydrogen) atoms. The second-order valence-electron chi connectivity index (χ2n) is 8.06. The summed E-state index contributed by atoms with van der Waals surface area (Å²) in [5.74, 6) is 0.852. The predicted octanol–water partition coefficient (Wildman–Crippen LogP) is 5.53. The molecule has 1 aromatic rings. The third kappa shape index (κ3) is 15.0. The molecule has 1 aliphatic carbocycles. The van der Waals surface area contributed by atoms with Gasteiger partial charge in [0.25, 0.3) is 0 Å². The molecule has 0 saturated carbocycles. The Balaban J connectivity index is 0.000000678. The molecule has 2 N–H and O–H groups in total. The number of rotatable bonds is 7. The van der Waals surface area contributed by atoms with Gasteiger partial charge in [0, 0.05) is 10.8 Å². The van der Waals surface area contributed by atoms with Gasteiger partial charge in [-0.2, -0.15) is 0 Å². The first-order valence-electron chi connectivity index (χ1n) is 11.9. The van der Waals surface area contributed by atoms with Crippen molar-refractivity contribution in [1.29, 1.82) is 0 Å². The lowest BCUT2D eigenvalue weighted by Crippen LogP contribution is -2.25. The van der Waals surface area contributed by atoms with Gasteiger partial charge in [-0.3, -0.25) is 9.59 Å². The van der Waals surface area contributed by atoms with E-state index >= 15 is 0 Å². The Morgan fingerprint density at radius 1 is 1.26 bits per heavy atom. The van der Waals surface area contributed by atoms with Crippen molar-refractivity contribution < 1.29 is 28.4 Å². The van der Waals surface area contributed by atoms with Crippen molar-refractivity contribution in [3.05, 3.63) is 65.3 Å². The number of aliphatic carboxylic acids is 1. The largest absolute Gasteiger partial charge is 0.497 e. The highest BCUT2D eigenvalue weighted by Gasteiger charge is 2.15. The van der Waals surface area contributed by atoms with Gasteiger partial charge in [0.15, 0.2) is 12.4 Å². The number of carboxylic acid groups (broad SMARTS) is 1. The normalized spacial score (nSPS) is 18.7. The monoisotopic (exact) mass is 507 g/mol. The molecule has 196 valence electrons. The average Bonchev–Trinajstić information content (AvgIpc) is 2.89. The minimum atomic E-state index is -1.48. The summed E-state index contributed by atoms with van der Waals surface area (Å²) in [6, 6.07) is 7.84. The van der Waals surface area contributed by atoms with Crippen LogP contribution in [0.4, 0.5) is 0 Å².